The second kappa shape index (κ2) is 16.6. The first-order valence-corrected chi connectivity index (χ1v) is 16.4. The van der Waals surface area contributed by atoms with Crippen LogP contribution in [0.1, 0.15) is 63.0 Å². The third kappa shape index (κ3) is 9.92. The molecular formula is C36H39F3N6O6. The van der Waals surface area contributed by atoms with E-state index in [0.717, 1.165) is 19.3 Å². The standard InChI is InChI=1S/C36H39F3N6O6/c1-20(2)33-29(11-10-26(46)14-27(47)15-32(48)49)30(21-3-5-22(37)6-4-21)19-45(34(33)50)25-9-12-31(40-16-25)43-23-7-8-24(13-23)44-36-41-17-28(18-42-36)51-35(38)39/h3-6,9-12,16-20,23-24,26-27,35,46-47H,7-8,13-15H2,1-2H3,(H,40,43)(H,48,49)(H,41,42,44)/b11-10+/t23-,24-,26+,27+/m0/s1. The number of aliphatic hydroxyl groups excluding tert-OH is 2. The van der Waals surface area contributed by atoms with Crippen molar-refractivity contribution in [2.45, 2.75) is 82.8 Å². The lowest BCUT2D eigenvalue weighted by Gasteiger charge is -2.19. The van der Waals surface area contributed by atoms with Crippen molar-refractivity contribution in [2.24, 2.45) is 0 Å². The number of nitrogens with one attached hydrogen (secondary N) is 2. The van der Waals surface area contributed by atoms with Gasteiger partial charge in [-0.15, -0.1) is 0 Å². The summed E-state index contributed by atoms with van der Waals surface area (Å²) in [5.41, 5.74) is 2.30. The zero-order chi connectivity index (χ0) is 36.7. The summed E-state index contributed by atoms with van der Waals surface area (Å²) in [4.78, 5) is 37.6. The number of rotatable bonds is 15. The van der Waals surface area contributed by atoms with E-state index in [-0.39, 0.29) is 35.7 Å². The Balaban J connectivity index is 1.36. The van der Waals surface area contributed by atoms with Gasteiger partial charge in [-0.2, -0.15) is 8.78 Å². The molecule has 12 nitrogen and oxygen atoms in total. The Morgan fingerprint density at radius 1 is 1.02 bits per heavy atom. The molecule has 3 heterocycles. The minimum Gasteiger partial charge on any atom is -0.481 e. The molecule has 0 spiro atoms. The zero-order valence-electron chi connectivity index (χ0n) is 27.9. The summed E-state index contributed by atoms with van der Waals surface area (Å²) in [6.07, 6.45) is 7.76. The number of carboxylic acids is 1. The van der Waals surface area contributed by atoms with Crippen molar-refractivity contribution in [1.29, 1.82) is 0 Å². The molecular weight excluding hydrogens is 669 g/mol. The first-order chi connectivity index (χ1) is 24.4. The monoisotopic (exact) mass is 708 g/mol. The molecule has 0 amide bonds. The molecule has 0 saturated heterocycles. The van der Waals surface area contributed by atoms with Crippen LogP contribution in [0, 0.1) is 5.82 Å². The SMILES string of the molecule is CC(C)c1c(/C=C/[C@@H](O)C[C@@H](O)CC(=O)O)c(-c2ccc(F)cc2)cn(-c2ccc(N[C@H]3CC[C@H](Nc4ncc(OC(F)F)cn4)C3)nc2)c1=O. The first-order valence-electron chi connectivity index (χ1n) is 16.4. The van der Waals surface area contributed by atoms with E-state index in [2.05, 4.69) is 30.3 Å². The normalized spacial score (nSPS) is 17.2. The second-order valence-electron chi connectivity index (χ2n) is 12.6. The van der Waals surface area contributed by atoms with E-state index in [4.69, 9.17) is 5.11 Å². The molecule has 0 unspecified atom stereocenters. The van der Waals surface area contributed by atoms with E-state index < -0.39 is 37.0 Å². The highest BCUT2D eigenvalue weighted by atomic mass is 19.3. The molecule has 0 aliphatic heterocycles. The number of carbonyl (C=O) groups is 1. The second-order valence-corrected chi connectivity index (χ2v) is 12.6. The largest absolute Gasteiger partial charge is 0.481 e. The molecule has 5 N–H and O–H groups in total. The Kier molecular flexibility index (Phi) is 12.1. The summed E-state index contributed by atoms with van der Waals surface area (Å²) < 4.78 is 44.5. The van der Waals surface area contributed by atoms with Gasteiger partial charge in [-0.25, -0.2) is 19.3 Å². The summed E-state index contributed by atoms with van der Waals surface area (Å²) in [5, 5.41) is 36.1. The molecule has 5 rings (SSSR count). The Morgan fingerprint density at radius 2 is 1.71 bits per heavy atom. The molecule has 4 aromatic rings. The quantitative estimate of drug-likeness (QED) is 0.104. The van der Waals surface area contributed by atoms with E-state index in [9.17, 15) is 33.0 Å². The predicted octanol–water partition coefficient (Wildman–Crippen LogP) is 5.60. The van der Waals surface area contributed by atoms with Crippen molar-refractivity contribution in [3.63, 3.8) is 0 Å². The molecule has 3 aromatic heterocycles. The molecule has 1 fully saturated rings. The molecule has 1 saturated carbocycles. The lowest BCUT2D eigenvalue weighted by atomic mass is 9.91. The molecule has 1 aliphatic carbocycles. The molecule has 0 bridgehead atoms. The average molecular weight is 709 g/mol. The van der Waals surface area contributed by atoms with Crippen LogP contribution in [-0.4, -0.2) is 71.7 Å². The number of benzene rings is 1. The van der Waals surface area contributed by atoms with E-state index in [1.807, 2.05) is 13.8 Å². The van der Waals surface area contributed by atoms with Crippen molar-refractivity contribution >= 4 is 23.8 Å². The van der Waals surface area contributed by atoms with Crippen molar-refractivity contribution in [3.8, 4) is 22.6 Å². The molecule has 51 heavy (non-hydrogen) atoms. The predicted molar refractivity (Wildman–Crippen MR) is 185 cm³/mol. The van der Waals surface area contributed by atoms with Gasteiger partial charge in [-0.05, 0) is 60.6 Å². The van der Waals surface area contributed by atoms with Crippen LogP contribution >= 0.6 is 0 Å². The zero-order valence-corrected chi connectivity index (χ0v) is 27.9. The Bertz CT molecular complexity index is 1870. The van der Waals surface area contributed by atoms with Crippen LogP contribution in [0.4, 0.5) is 24.9 Å². The lowest BCUT2D eigenvalue weighted by molar-refractivity contribution is -0.139. The van der Waals surface area contributed by atoms with Gasteiger partial charge in [0.25, 0.3) is 5.56 Å². The smallest absolute Gasteiger partial charge is 0.387 e. The third-order valence-corrected chi connectivity index (χ3v) is 8.43. The topological polar surface area (TPSA) is 172 Å². The number of aliphatic carboxylic acids is 1. The van der Waals surface area contributed by atoms with E-state index in [0.29, 0.717) is 39.7 Å². The minimum atomic E-state index is -2.95. The lowest BCUT2D eigenvalue weighted by Crippen LogP contribution is -2.25. The number of halogens is 3. The number of alkyl halides is 2. The maximum Gasteiger partial charge on any atom is 0.387 e. The highest BCUT2D eigenvalue weighted by Crippen LogP contribution is 2.31. The molecule has 1 aromatic carbocycles. The number of hydrogen-bond donors (Lipinski definition) is 5. The fourth-order valence-electron chi connectivity index (χ4n) is 6.09. The fraction of sp³-hybridized carbons (Fsp3) is 0.361. The summed E-state index contributed by atoms with van der Waals surface area (Å²) >= 11 is 0. The van der Waals surface area contributed by atoms with Crippen LogP contribution in [-0.2, 0) is 4.79 Å². The van der Waals surface area contributed by atoms with Gasteiger partial charge in [0.1, 0.15) is 11.6 Å². The van der Waals surface area contributed by atoms with Gasteiger partial charge < -0.3 is 30.7 Å². The van der Waals surface area contributed by atoms with E-state index in [1.54, 1.807) is 42.7 Å². The summed E-state index contributed by atoms with van der Waals surface area (Å²) in [6, 6.07) is 9.46. The van der Waals surface area contributed by atoms with Gasteiger partial charge in [-0.3, -0.25) is 14.2 Å². The number of anilines is 2. The van der Waals surface area contributed by atoms with Gasteiger partial charge in [-0.1, -0.05) is 38.1 Å². The van der Waals surface area contributed by atoms with Crippen molar-refractivity contribution < 1.29 is 38.0 Å². The highest BCUT2D eigenvalue weighted by molar-refractivity contribution is 5.77. The molecule has 4 atom stereocenters. The molecule has 270 valence electrons. The van der Waals surface area contributed by atoms with Crippen LogP contribution < -0.4 is 20.9 Å². The van der Waals surface area contributed by atoms with Gasteiger partial charge in [0, 0.05) is 35.8 Å². The van der Waals surface area contributed by atoms with Crippen LogP contribution in [0.2, 0.25) is 0 Å². The molecule has 1 aliphatic rings. The number of carboxylic acid groups (broad SMARTS) is 1. The number of aliphatic hydroxyl groups is 2. The third-order valence-electron chi connectivity index (χ3n) is 8.43. The molecule has 0 radical (unpaired) electrons. The fourth-order valence-corrected chi connectivity index (χ4v) is 6.09. The van der Waals surface area contributed by atoms with E-state index >= 15 is 0 Å². The number of aromatic nitrogens is 4. The average Bonchev–Trinajstić information content (AvgIpc) is 3.51. The van der Waals surface area contributed by atoms with Crippen molar-refractivity contribution in [3.05, 3.63) is 94.6 Å². The summed E-state index contributed by atoms with van der Waals surface area (Å²) in [5.74, 6) is -1.11. The van der Waals surface area contributed by atoms with E-state index in [1.165, 1.54) is 35.2 Å². The Morgan fingerprint density at radius 3 is 2.31 bits per heavy atom. The number of nitrogens with zero attached hydrogens (tertiary/aromatic N) is 4. The van der Waals surface area contributed by atoms with Gasteiger partial charge in [0.2, 0.25) is 5.95 Å². The maximum atomic E-state index is 14.0. The summed E-state index contributed by atoms with van der Waals surface area (Å²) in [6.45, 7) is 0.765. The Labute approximate surface area is 291 Å². The highest BCUT2D eigenvalue weighted by Gasteiger charge is 2.26. The van der Waals surface area contributed by atoms with Crippen molar-refractivity contribution in [2.75, 3.05) is 10.6 Å². The first kappa shape index (κ1) is 37.0. The van der Waals surface area contributed by atoms with Crippen molar-refractivity contribution in [1.82, 2.24) is 19.5 Å². The van der Waals surface area contributed by atoms with Crippen LogP contribution in [0.5, 0.6) is 5.75 Å². The number of ether oxygens (including phenoxy) is 1. The molecule has 15 heteroatoms. The maximum absolute atomic E-state index is 14.0. The summed E-state index contributed by atoms with van der Waals surface area (Å²) in [7, 11) is 0. The van der Waals surface area contributed by atoms with Gasteiger partial charge >= 0.3 is 12.6 Å². The van der Waals surface area contributed by atoms with Crippen LogP contribution in [0.25, 0.3) is 22.9 Å². The number of pyridine rings is 2. The van der Waals surface area contributed by atoms with Gasteiger partial charge in [0.05, 0.1) is 42.9 Å². The Hall–Kier alpha value is -5.28. The van der Waals surface area contributed by atoms with Gasteiger partial charge in [0.15, 0.2) is 5.75 Å². The number of hydrogen-bond acceptors (Lipinski definition) is 10. The van der Waals surface area contributed by atoms with Crippen LogP contribution in [0.3, 0.4) is 0 Å². The minimum absolute atomic E-state index is 0.0463. The van der Waals surface area contributed by atoms with Crippen LogP contribution in [0.15, 0.2) is 72.1 Å².